The zero-order valence-electron chi connectivity index (χ0n) is 11.3. The summed E-state index contributed by atoms with van der Waals surface area (Å²) in [7, 11) is 0. The maximum absolute atomic E-state index is 13.2. The third-order valence-electron chi connectivity index (χ3n) is 3.76. The van der Waals surface area contributed by atoms with E-state index in [1.54, 1.807) is 0 Å². The molecule has 0 radical (unpaired) electrons. The molecule has 2 unspecified atom stereocenters. The summed E-state index contributed by atoms with van der Waals surface area (Å²) in [5, 5.41) is 13.4. The van der Waals surface area contributed by atoms with Crippen molar-refractivity contribution < 1.29 is 14.1 Å². The van der Waals surface area contributed by atoms with Gasteiger partial charge in [0.25, 0.3) is 5.91 Å². The van der Waals surface area contributed by atoms with Gasteiger partial charge in [-0.1, -0.05) is 13.3 Å². The molecule has 1 aromatic carbocycles. The number of nitrogens with zero attached hydrogens (tertiary/aromatic N) is 1. The van der Waals surface area contributed by atoms with E-state index in [0.717, 1.165) is 25.0 Å². The van der Waals surface area contributed by atoms with Crippen LogP contribution in [0.3, 0.4) is 0 Å². The van der Waals surface area contributed by atoms with Crippen LogP contribution in [-0.2, 0) is 0 Å². The second-order valence-corrected chi connectivity index (χ2v) is 5.42. The van der Waals surface area contributed by atoms with E-state index >= 15 is 0 Å². The van der Waals surface area contributed by atoms with E-state index in [1.165, 1.54) is 12.5 Å². The van der Waals surface area contributed by atoms with Gasteiger partial charge in [-0.05, 0) is 36.8 Å². The number of nitro groups is 1. The number of amides is 1. The second-order valence-electron chi connectivity index (χ2n) is 5.42. The molecule has 6 heteroatoms. The molecule has 2 rings (SSSR count). The van der Waals surface area contributed by atoms with Crippen molar-refractivity contribution in [1.29, 1.82) is 0 Å². The molecule has 0 bridgehead atoms. The normalized spacial score (nSPS) is 21.7. The summed E-state index contributed by atoms with van der Waals surface area (Å²) < 4.78 is 13.2. The number of hydrogen-bond donors (Lipinski definition) is 1. The fourth-order valence-electron chi connectivity index (χ4n) is 2.64. The summed E-state index contributed by atoms with van der Waals surface area (Å²) in [6, 6.07) is 3.18. The molecule has 5 nitrogen and oxygen atoms in total. The topological polar surface area (TPSA) is 72.2 Å². The highest BCUT2D eigenvalue weighted by Gasteiger charge is 2.22. The quantitative estimate of drug-likeness (QED) is 0.680. The maximum Gasteiger partial charge on any atom is 0.305 e. The van der Waals surface area contributed by atoms with Crippen molar-refractivity contribution in [3.63, 3.8) is 0 Å². The Hall–Kier alpha value is -1.98. The maximum atomic E-state index is 13.2. The minimum Gasteiger partial charge on any atom is -0.352 e. The van der Waals surface area contributed by atoms with Crippen LogP contribution in [0.15, 0.2) is 18.2 Å². The van der Waals surface area contributed by atoms with Gasteiger partial charge < -0.3 is 5.32 Å². The molecule has 0 aromatic heterocycles. The van der Waals surface area contributed by atoms with Gasteiger partial charge in [-0.25, -0.2) is 0 Å². The lowest BCUT2D eigenvalue weighted by molar-refractivity contribution is -0.387. The second kappa shape index (κ2) is 5.98. The molecule has 1 aliphatic rings. The standard InChI is InChI=1S/C14H17FN2O3/c1-9-2-3-10(6-9)8-16-14(18)11-4-5-12(15)13(7-11)17(19)20/h4-5,7,9-10H,2-3,6,8H2,1H3,(H,16,18). The van der Waals surface area contributed by atoms with E-state index in [0.29, 0.717) is 18.4 Å². The molecule has 1 aliphatic carbocycles. The van der Waals surface area contributed by atoms with Gasteiger partial charge in [0.15, 0.2) is 0 Å². The third kappa shape index (κ3) is 3.31. The van der Waals surface area contributed by atoms with Crippen molar-refractivity contribution >= 4 is 11.6 Å². The Morgan fingerprint density at radius 2 is 2.25 bits per heavy atom. The number of benzene rings is 1. The Morgan fingerprint density at radius 1 is 1.50 bits per heavy atom. The summed E-state index contributed by atoms with van der Waals surface area (Å²) in [5.41, 5.74) is -0.559. The van der Waals surface area contributed by atoms with Gasteiger partial charge in [-0.3, -0.25) is 14.9 Å². The van der Waals surface area contributed by atoms with Crippen LogP contribution in [0, 0.1) is 27.8 Å². The first kappa shape index (κ1) is 14.4. The van der Waals surface area contributed by atoms with Crippen molar-refractivity contribution in [3.8, 4) is 0 Å². The van der Waals surface area contributed by atoms with Crippen molar-refractivity contribution in [2.75, 3.05) is 6.54 Å². The molecule has 0 aliphatic heterocycles. The predicted octanol–water partition coefficient (Wildman–Crippen LogP) is 2.90. The molecule has 0 spiro atoms. The van der Waals surface area contributed by atoms with Gasteiger partial charge >= 0.3 is 5.69 Å². The van der Waals surface area contributed by atoms with Crippen molar-refractivity contribution in [2.24, 2.45) is 11.8 Å². The van der Waals surface area contributed by atoms with Gasteiger partial charge in [-0.2, -0.15) is 4.39 Å². The smallest absolute Gasteiger partial charge is 0.305 e. The minimum absolute atomic E-state index is 0.115. The Labute approximate surface area is 116 Å². The van der Waals surface area contributed by atoms with Crippen LogP contribution in [0.4, 0.5) is 10.1 Å². The van der Waals surface area contributed by atoms with E-state index in [-0.39, 0.29) is 5.56 Å². The summed E-state index contributed by atoms with van der Waals surface area (Å²) in [6.07, 6.45) is 3.34. The first-order chi connectivity index (χ1) is 9.47. The number of carbonyl (C=O) groups excluding carboxylic acids is 1. The molecule has 0 saturated heterocycles. The first-order valence-corrected chi connectivity index (χ1v) is 6.69. The van der Waals surface area contributed by atoms with E-state index < -0.39 is 22.3 Å². The van der Waals surface area contributed by atoms with Gasteiger partial charge in [0.05, 0.1) is 4.92 Å². The van der Waals surface area contributed by atoms with Gasteiger partial charge in [0, 0.05) is 18.2 Å². The van der Waals surface area contributed by atoms with Crippen LogP contribution < -0.4 is 5.32 Å². The van der Waals surface area contributed by atoms with Crippen molar-refractivity contribution in [2.45, 2.75) is 26.2 Å². The molecule has 20 heavy (non-hydrogen) atoms. The summed E-state index contributed by atoms with van der Waals surface area (Å²) in [5.74, 6) is -0.183. The molecule has 1 aromatic rings. The third-order valence-corrected chi connectivity index (χ3v) is 3.76. The van der Waals surface area contributed by atoms with Crippen LogP contribution in [0.25, 0.3) is 0 Å². The average Bonchev–Trinajstić information content (AvgIpc) is 2.82. The highest BCUT2D eigenvalue weighted by molar-refractivity contribution is 5.94. The molecule has 0 heterocycles. The van der Waals surface area contributed by atoms with Crippen LogP contribution in [0.2, 0.25) is 0 Å². The average molecular weight is 280 g/mol. The lowest BCUT2D eigenvalue weighted by Gasteiger charge is -2.11. The molecule has 1 N–H and O–H groups in total. The number of hydrogen-bond acceptors (Lipinski definition) is 3. The molecule has 108 valence electrons. The highest BCUT2D eigenvalue weighted by Crippen LogP contribution is 2.29. The number of halogens is 1. The molecular weight excluding hydrogens is 263 g/mol. The van der Waals surface area contributed by atoms with Gasteiger partial charge in [-0.15, -0.1) is 0 Å². The van der Waals surface area contributed by atoms with Crippen molar-refractivity contribution in [3.05, 3.63) is 39.7 Å². The summed E-state index contributed by atoms with van der Waals surface area (Å²) >= 11 is 0. The van der Waals surface area contributed by atoms with Crippen LogP contribution >= 0.6 is 0 Å². The Bertz CT molecular complexity index is 533. The molecule has 1 saturated carbocycles. The van der Waals surface area contributed by atoms with Crippen molar-refractivity contribution in [1.82, 2.24) is 5.32 Å². The van der Waals surface area contributed by atoms with Gasteiger partial charge in [0.1, 0.15) is 0 Å². The van der Waals surface area contributed by atoms with E-state index in [9.17, 15) is 19.3 Å². The SMILES string of the molecule is CC1CCC(CNC(=O)c2ccc(F)c([N+](=O)[O-])c2)C1. The highest BCUT2D eigenvalue weighted by atomic mass is 19.1. The zero-order valence-corrected chi connectivity index (χ0v) is 11.3. The molecule has 1 fully saturated rings. The van der Waals surface area contributed by atoms with Crippen LogP contribution in [-0.4, -0.2) is 17.4 Å². The fourth-order valence-corrected chi connectivity index (χ4v) is 2.64. The fraction of sp³-hybridized carbons (Fsp3) is 0.500. The largest absolute Gasteiger partial charge is 0.352 e. The summed E-state index contributed by atoms with van der Waals surface area (Å²) in [4.78, 5) is 21.7. The van der Waals surface area contributed by atoms with Gasteiger partial charge in [0.2, 0.25) is 5.82 Å². The Kier molecular flexibility index (Phi) is 4.32. The predicted molar refractivity (Wildman–Crippen MR) is 71.9 cm³/mol. The monoisotopic (exact) mass is 280 g/mol. The number of nitrogens with one attached hydrogen (secondary N) is 1. The lowest BCUT2D eigenvalue weighted by Crippen LogP contribution is -2.28. The minimum atomic E-state index is -0.934. The summed E-state index contributed by atoms with van der Waals surface area (Å²) in [6.45, 7) is 2.75. The molecule has 2 atom stereocenters. The lowest BCUT2D eigenvalue weighted by atomic mass is 10.1. The van der Waals surface area contributed by atoms with E-state index in [1.807, 2.05) is 0 Å². The Morgan fingerprint density at radius 3 is 2.85 bits per heavy atom. The van der Waals surface area contributed by atoms with Crippen LogP contribution in [0.5, 0.6) is 0 Å². The zero-order chi connectivity index (χ0) is 14.7. The molecule has 1 amide bonds. The van der Waals surface area contributed by atoms with Crippen LogP contribution in [0.1, 0.15) is 36.5 Å². The first-order valence-electron chi connectivity index (χ1n) is 6.69. The number of rotatable bonds is 4. The van der Waals surface area contributed by atoms with E-state index in [2.05, 4.69) is 12.2 Å². The number of nitro benzene ring substituents is 1. The molecular formula is C14H17FN2O3. The number of carbonyl (C=O) groups is 1. The Balaban J connectivity index is 1.99. The van der Waals surface area contributed by atoms with E-state index in [4.69, 9.17) is 0 Å².